The van der Waals surface area contributed by atoms with Crippen LogP contribution >= 0.6 is 0 Å². The number of benzene rings is 5. The van der Waals surface area contributed by atoms with Crippen molar-refractivity contribution in [3.05, 3.63) is 166 Å². The van der Waals surface area contributed by atoms with Crippen LogP contribution in [-0.4, -0.2) is 0 Å². The summed E-state index contributed by atoms with van der Waals surface area (Å²) in [6, 6.07) is 38.4. The van der Waals surface area contributed by atoms with Crippen molar-refractivity contribution in [3.8, 4) is 0 Å². The van der Waals surface area contributed by atoms with Crippen LogP contribution in [0.5, 0.6) is 0 Å². The summed E-state index contributed by atoms with van der Waals surface area (Å²) in [7, 11) is 0. The van der Waals surface area contributed by atoms with Crippen molar-refractivity contribution in [2.45, 2.75) is 44.9 Å². The van der Waals surface area contributed by atoms with Gasteiger partial charge in [0.1, 0.15) is 0 Å². The molecule has 1 aliphatic heterocycles. The van der Waals surface area contributed by atoms with Gasteiger partial charge in [0.15, 0.2) is 0 Å². The highest BCUT2D eigenvalue weighted by molar-refractivity contribution is 5.86. The van der Waals surface area contributed by atoms with E-state index in [4.69, 9.17) is 0 Å². The summed E-state index contributed by atoms with van der Waals surface area (Å²) in [4.78, 5) is 2.52. The topological polar surface area (TPSA) is 3.24 Å². The SMILES string of the molecule is Cc1ccc2cc(/C=C/c3ccc4c(c3)C(C)(C)C3C=C(N5c6ccccc6CCc6ccccc65)C=CC43)ccc2c1. The molecular weight excluding hydrogens is 518 g/mol. The number of hydrogen-bond acceptors (Lipinski definition) is 1. The van der Waals surface area contributed by atoms with Crippen molar-refractivity contribution in [2.24, 2.45) is 5.92 Å². The second-order valence-corrected chi connectivity index (χ2v) is 13.1. The van der Waals surface area contributed by atoms with Crippen LogP contribution in [0.15, 0.2) is 127 Å². The zero-order chi connectivity index (χ0) is 29.1. The Kier molecular flexibility index (Phi) is 6.05. The summed E-state index contributed by atoms with van der Waals surface area (Å²) in [5.41, 5.74) is 13.5. The number of anilines is 2. The third-order valence-corrected chi connectivity index (χ3v) is 10.1. The zero-order valence-electron chi connectivity index (χ0n) is 25.2. The van der Waals surface area contributed by atoms with Crippen LogP contribution in [-0.2, 0) is 18.3 Å². The maximum absolute atomic E-state index is 2.57. The molecule has 2 aliphatic carbocycles. The summed E-state index contributed by atoms with van der Waals surface area (Å²) in [6.45, 7) is 7.03. The fourth-order valence-electron chi connectivity index (χ4n) is 7.71. The van der Waals surface area contributed by atoms with E-state index in [-0.39, 0.29) is 5.41 Å². The van der Waals surface area contributed by atoms with E-state index in [1.165, 1.54) is 66.8 Å². The predicted octanol–water partition coefficient (Wildman–Crippen LogP) is 10.7. The summed E-state index contributed by atoms with van der Waals surface area (Å²) in [6.07, 6.45) is 14.1. The lowest BCUT2D eigenvalue weighted by atomic mass is 9.74. The van der Waals surface area contributed by atoms with Gasteiger partial charge in [-0.2, -0.15) is 0 Å². The van der Waals surface area contributed by atoms with E-state index in [1.807, 2.05) is 0 Å². The van der Waals surface area contributed by atoms with Crippen LogP contribution in [0.1, 0.15) is 58.7 Å². The lowest BCUT2D eigenvalue weighted by molar-refractivity contribution is 0.392. The molecule has 8 rings (SSSR count). The Morgan fingerprint density at radius 3 is 2.07 bits per heavy atom. The second-order valence-electron chi connectivity index (χ2n) is 13.1. The zero-order valence-corrected chi connectivity index (χ0v) is 25.2. The van der Waals surface area contributed by atoms with Crippen LogP contribution in [0.3, 0.4) is 0 Å². The molecule has 1 heteroatoms. The van der Waals surface area contributed by atoms with E-state index in [0.29, 0.717) is 11.8 Å². The van der Waals surface area contributed by atoms with Gasteiger partial charge in [-0.25, -0.2) is 0 Å². The van der Waals surface area contributed by atoms with Gasteiger partial charge in [0.25, 0.3) is 0 Å². The van der Waals surface area contributed by atoms with Crippen LogP contribution in [0.4, 0.5) is 11.4 Å². The molecule has 0 saturated carbocycles. The molecular formula is C42H37N. The van der Waals surface area contributed by atoms with Gasteiger partial charge in [0.2, 0.25) is 0 Å². The number of aryl methyl sites for hydroxylation is 3. The number of para-hydroxylation sites is 2. The monoisotopic (exact) mass is 555 g/mol. The second kappa shape index (κ2) is 9.99. The molecule has 5 aromatic carbocycles. The van der Waals surface area contributed by atoms with E-state index in [1.54, 1.807) is 0 Å². The first-order chi connectivity index (χ1) is 21.0. The summed E-state index contributed by atoms with van der Waals surface area (Å²) < 4.78 is 0. The van der Waals surface area contributed by atoms with Crippen molar-refractivity contribution in [3.63, 3.8) is 0 Å². The van der Waals surface area contributed by atoms with E-state index in [2.05, 4.69) is 159 Å². The fourth-order valence-corrected chi connectivity index (χ4v) is 7.71. The third-order valence-electron chi connectivity index (χ3n) is 10.1. The maximum atomic E-state index is 2.57. The normalized spacial score (nSPS) is 19.9. The van der Waals surface area contributed by atoms with Gasteiger partial charge < -0.3 is 4.90 Å². The van der Waals surface area contributed by atoms with Crippen LogP contribution in [0.2, 0.25) is 0 Å². The van der Waals surface area contributed by atoms with Gasteiger partial charge in [-0.1, -0.05) is 129 Å². The van der Waals surface area contributed by atoms with Gasteiger partial charge >= 0.3 is 0 Å². The Hall–Kier alpha value is -4.62. The van der Waals surface area contributed by atoms with Crippen molar-refractivity contribution < 1.29 is 0 Å². The van der Waals surface area contributed by atoms with Crippen molar-refractivity contribution in [2.75, 3.05) is 4.90 Å². The minimum absolute atomic E-state index is 0.0194. The number of allylic oxidation sites excluding steroid dienone is 3. The van der Waals surface area contributed by atoms with Gasteiger partial charge in [-0.3, -0.25) is 0 Å². The quantitative estimate of drug-likeness (QED) is 0.200. The average Bonchev–Trinajstić information content (AvgIpc) is 3.14. The molecule has 0 N–H and O–H groups in total. The molecule has 5 aromatic rings. The molecule has 1 nitrogen and oxygen atoms in total. The fraction of sp³-hybridized carbons (Fsp3) is 0.190. The molecule has 2 atom stereocenters. The molecule has 0 fully saturated rings. The van der Waals surface area contributed by atoms with Gasteiger partial charge in [0, 0.05) is 23.0 Å². The molecule has 43 heavy (non-hydrogen) atoms. The van der Waals surface area contributed by atoms with E-state index >= 15 is 0 Å². The summed E-state index contributed by atoms with van der Waals surface area (Å²) in [5.74, 6) is 0.793. The number of fused-ring (bicyclic) bond motifs is 6. The van der Waals surface area contributed by atoms with Crippen LogP contribution < -0.4 is 4.90 Å². The predicted molar refractivity (Wildman–Crippen MR) is 183 cm³/mol. The highest BCUT2D eigenvalue weighted by atomic mass is 15.2. The molecule has 210 valence electrons. The molecule has 0 amide bonds. The van der Waals surface area contributed by atoms with E-state index in [9.17, 15) is 0 Å². The van der Waals surface area contributed by atoms with Gasteiger partial charge in [-0.05, 0) is 99.5 Å². The third kappa shape index (κ3) is 4.38. The lowest BCUT2D eigenvalue weighted by Crippen LogP contribution is -2.28. The summed E-state index contributed by atoms with van der Waals surface area (Å²) >= 11 is 0. The Balaban J connectivity index is 1.14. The van der Waals surface area contributed by atoms with Crippen molar-refractivity contribution in [1.82, 2.24) is 0 Å². The molecule has 0 bridgehead atoms. The first-order valence-electron chi connectivity index (χ1n) is 15.6. The molecule has 1 heterocycles. The Morgan fingerprint density at radius 2 is 1.33 bits per heavy atom. The first kappa shape index (κ1) is 26.0. The highest BCUT2D eigenvalue weighted by Gasteiger charge is 2.45. The molecule has 0 aromatic heterocycles. The lowest BCUT2D eigenvalue weighted by Gasteiger charge is -2.35. The van der Waals surface area contributed by atoms with Crippen molar-refractivity contribution >= 4 is 34.3 Å². The van der Waals surface area contributed by atoms with E-state index in [0.717, 1.165) is 12.8 Å². The van der Waals surface area contributed by atoms with Crippen LogP contribution in [0, 0.1) is 12.8 Å². The minimum atomic E-state index is 0.0194. The van der Waals surface area contributed by atoms with Crippen molar-refractivity contribution in [1.29, 1.82) is 0 Å². The number of nitrogens with zero attached hydrogens (tertiary/aromatic N) is 1. The molecule has 0 spiro atoms. The maximum Gasteiger partial charge on any atom is 0.0493 e. The van der Waals surface area contributed by atoms with Gasteiger partial charge in [-0.15, -0.1) is 0 Å². The Bertz CT molecular complexity index is 1940. The minimum Gasteiger partial charge on any atom is -0.310 e. The Labute approximate surface area is 255 Å². The summed E-state index contributed by atoms with van der Waals surface area (Å²) in [5, 5.41) is 2.59. The number of rotatable bonds is 3. The van der Waals surface area contributed by atoms with E-state index < -0.39 is 0 Å². The Morgan fingerprint density at radius 1 is 0.698 bits per heavy atom. The molecule has 3 aliphatic rings. The number of hydrogen-bond donors (Lipinski definition) is 0. The molecule has 0 radical (unpaired) electrons. The largest absolute Gasteiger partial charge is 0.310 e. The van der Waals surface area contributed by atoms with Gasteiger partial charge in [0.05, 0.1) is 0 Å². The first-order valence-corrected chi connectivity index (χ1v) is 15.6. The standard InChI is InChI=1S/C42H37N/c1-28-12-17-34-25-29(15-18-33(34)24-28)13-14-30-16-22-36-37-23-21-35(27-39(37)42(2,3)38(36)26-30)43-40-10-6-4-8-31(40)19-20-32-9-5-7-11-41(32)43/h4-18,21-27,37,39H,19-20H2,1-3H3/b14-13+. The highest BCUT2D eigenvalue weighted by Crippen LogP contribution is 2.54. The molecule has 0 saturated heterocycles. The smallest absolute Gasteiger partial charge is 0.0493 e. The molecule has 2 unspecified atom stereocenters. The average molecular weight is 556 g/mol. The van der Waals surface area contributed by atoms with Crippen LogP contribution in [0.25, 0.3) is 22.9 Å².